The quantitative estimate of drug-likeness (QED) is 0.0169. The molecule has 0 spiro atoms. The molecule has 5 N–H and O–H groups in total. The first-order valence-corrected chi connectivity index (χ1v) is 31.5. The minimum atomic E-state index is -0.862. The van der Waals surface area contributed by atoms with E-state index in [9.17, 15) is 29.4 Å². The van der Waals surface area contributed by atoms with Gasteiger partial charge in [0, 0.05) is 106 Å². The molecular formula is C82H79BrMgN8O10. The third-order valence-corrected chi connectivity index (χ3v) is 14.2. The van der Waals surface area contributed by atoms with E-state index in [1.54, 1.807) is 110 Å². The molecule has 1 aliphatic rings. The number of nitriles is 1. The van der Waals surface area contributed by atoms with Crippen molar-refractivity contribution in [3.05, 3.63) is 396 Å². The molecule has 0 bridgehead atoms. The maximum atomic E-state index is 11.9. The van der Waals surface area contributed by atoms with E-state index in [-0.39, 0.29) is 51.9 Å². The molecular weight excluding hydrogens is 1360 g/mol. The molecule has 1 fully saturated rings. The van der Waals surface area contributed by atoms with Crippen LogP contribution in [0.5, 0.6) is 0 Å². The van der Waals surface area contributed by atoms with Gasteiger partial charge < -0.3 is 41.8 Å². The standard InChI is InChI=1S/C14H13NO2.C13H12N2O2.C13H10N2.C13H11NO2.C12H11NO.C6H5NO.C6H5.C4H8O.CH4O.BrH.Mg/c1-17-14(16)13(11-6-3-2-4-7-11)12-8-5-9-15-10-12;16-13(15-17)12(10-5-2-1-3-6-10)11-7-4-8-14-9-11;14-9-13(11-5-2-1-3-6-11)12-7-4-8-15-10-12;15-13(16)12(10-5-2-1-3-6-10)11-7-4-8-14-9-11;14-12(10-5-2-1-3-6-10)11-7-4-8-13-9-11;8-5-6-2-1-3-7-4-6;1-2-4-6-5-3-1;1-2-4-5-3-1;1-2;;/h2-10,13H,1H3;1-9,12,17H,(H,15,16);1-8,10,13H;1-9,12H,(H,15,16);1-9,12,14H;1-5H;1-5H;1-4H2;2H,1H3;1H;/q;;;;;;-1;;;;+2/p-1. The third-order valence-electron chi connectivity index (χ3n) is 14.2. The summed E-state index contributed by atoms with van der Waals surface area (Å²) in [5, 5.41) is 44.2. The maximum absolute atomic E-state index is 11.9. The number of hydrogen-bond donors (Lipinski definition) is 5. The van der Waals surface area contributed by atoms with Crippen LogP contribution in [0.1, 0.15) is 109 Å². The van der Waals surface area contributed by atoms with Crippen molar-refractivity contribution in [2.24, 2.45) is 0 Å². The van der Waals surface area contributed by atoms with Crippen LogP contribution in [0, 0.1) is 17.4 Å². The number of carboxylic acid groups (broad SMARTS) is 1. The number of esters is 1. The van der Waals surface area contributed by atoms with E-state index in [2.05, 4.69) is 42.0 Å². The number of aliphatic hydroxyl groups excluding tert-OH is 2. The predicted molar refractivity (Wildman–Crippen MR) is 389 cm³/mol. The number of rotatable bonds is 14. The van der Waals surface area contributed by atoms with E-state index in [0.29, 0.717) is 11.1 Å². The predicted octanol–water partition coefficient (Wildman–Crippen LogP) is 10.7. The first-order chi connectivity index (χ1) is 49.2. The Balaban J connectivity index is 0.000000308. The van der Waals surface area contributed by atoms with Crippen molar-refractivity contribution >= 4 is 47.2 Å². The molecule has 516 valence electrons. The van der Waals surface area contributed by atoms with Crippen LogP contribution in [0.2, 0.25) is 0 Å². The molecule has 5 atom stereocenters. The Morgan fingerprint density at radius 1 is 0.471 bits per heavy atom. The van der Waals surface area contributed by atoms with Crippen molar-refractivity contribution in [3.63, 3.8) is 0 Å². The molecule has 0 radical (unpaired) electrons. The number of benzene rings is 6. The monoisotopic (exact) mass is 1440 g/mol. The van der Waals surface area contributed by atoms with Crippen LogP contribution in [-0.4, -0.2) is 125 Å². The second-order valence-corrected chi connectivity index (χ2v) is 20.9. The van der Waals surface area contributed by atoms with Gasteiger partial charge in [0.2, 0.25) is 0 Å². The zero-order valence-corrected chi connectivity index (χ0v) is 59.4. The fourth-order valence-corrected chi connectivity index (χ4v) is 9.39. The number of aldehydes is 1. The van der Waals surface area contributed by atoms with Crippen molar-refractivity contribution < 1.29 is 66.2 Å². The molecule has 5 unspecified atom stereocenters. The summed E-state index contributed by atoms with van der Waals surface area (Å²) in [5.41, 5.74) is 10.7. The smallest absolute Gasteiger partial charge is 1.00 e. The van der Waals surface area contributed by atoms with Gasteiger partial charge in [-0.1, -0.05) is 182 Å². The minimum absolute atomic E-state index is 0. The van der Waals surface area contributed by atoms with Gasteiger partial charge in [-0.05, 0) is 105 Å². The second-order valence-electron chi connectivity index (χ2n) is 20.9. The largest absolute Gasteiger partial charge is 2.00 e. The molecule has 0 saturated carbocycles. The Morgan fingerprint density at radius 2 is 0.804 bits per heavy atom. The average molecular weight is 1440 g/mol. The molecule has 13 rings (SSSR count). The molecule has 20 heteroatoms. The van der Waals surface area contributed by atoms with E-state index in [1.807, 2.05) is 218 Å². The number of carboxylic acids is 1. The molecule has 12 aromatic rings. The molecule has 6 aromatic carbocycles. The molecule has 102 heavy (non-hydrogen) atoms. The summed E-state index contributed by atoms with van der Waals surface area (Å²) in [6.07, 6.45) is 22.6. The van der Waals surface area contributed by atoms with E-state index in [4.69, 9.17) is 25.0 Å². The van der Waals surface area contributed by atoms with Gasteiger partial charge in [0.1, 0.15) is 17.9 Å². The van der Waals surface area contributed by atoms with Crippen LogP contribution in [0.3, 0.4) is 0 Å². The summed E-state index contributed by atoms with van der Waals surface area (Å²) in [4.78, 5) is 68.5. The number of amides is 1. The summed E-state index contributed by atoms with van der Waals surface area (Å²) in [6, 6.07) is 83.7. The number of carbonyl (C=O) groups excluding carboxylic acids is 3. The molecule has 1 amide bonds. The first kappa shape index (κ1) is 85.1. The number of nitrogens with one attached hydrogen (secondary N) is 1. The van der Waals surface area contributed by atoms with E-state index >= 15 is 0 Å². The topological polar surface area (TPSA) is 281 Å². The summed E-state index contributed by atoms with van der Waals surface area (Å²) in [6.45, 7) is 2.00. The Kier molecular flexibility index (Phi) is 44.1. The zero-order chi connectivity index (χ0) is 71.5. The number of aromatic nitrogens is 6. The number of hydroxylamine groups is 1. The Bertz CT molecular complexity index is 3790. The van der Waals surface area contributed by atoms with Crippen LogP contribution >= 0.6 is 0 Å². The molecule has 0 aliphatic carbocycles. The number of aliphatic hydroxyl groups is 2. The number of carbonyl (C=O) groups is 4. The number of methoxy groups -OCH3 is 1. The summed E-state index contributed by atoms with van der Waals surface area (Å²) < 4.78 is 9.80. The van der Waals surface area contributed by atoms with Gasteiger partial charge in [0.25, 0.3) is 5.91 Å². The maximum Gasteiger partial charge on any atom is 2.00 e. The molecule has 1 aliphatic heterocycles. The number of ether oxygens (including phenoxy) is 2. The number of aliphatic carboxylic acids is 1. The average Bonchev–Trinajstić information content (AvgIpc) is 0.962. The van der Waals surface area contributed by atoms with Gasteiger partial charge in [0.05, 0.1) is 25.0 Å². The number of nitrogens with zero attached hydrogens (tertiary/aromatic N) is 7. The van der Waals surface area contributed by atoms with Crippen LogP contribution < -0.4 is 22.5 Å². The van der Waals surface area contributed by atoms with E-state index in [1.165, 1.54) is 26.1 Å². The number of pyridine rings is 6. The van der Waals surface area contributed by atoms with Crippen LogP contribution in [0.4, 0.5) is 0 Å². The number of hydrogen-bond acceptors (Lipinski definition) is 16. The van der Waals surface area contributed by atoms with Gasteiger partial charge >= 0.3 is 35.0 Å². The Hall–Kier alpha value is -11.1. The molecule has 1 saturated heterocycles. The van der Waals surface area contributed by atoms with Gasteiger partial charge in [-0.15, -0.1) is 0 Å². The third kappa shape index (κ3) is 31.4. The van der Waals surface area contributed by atoms with Crippen molar-refractivity contribution in [1.29, 1.82) is 5.26 Å². The van der Waals surface area contributed by atoms with Gasteiger partial charge in [-0.3, -0.25) is 54.3 Å². The van der Waals surface area contributed by atoms with Crippen molar-refractivity contribution in [2.45, 2.75) is 42.6 Å². The van der Waals surface area contributed by atoms with Crippen molar-refractivity contribution in [3.8, 4) is 6.07 Å². The second kappa shape index (κ2) is 52.9. The summed E-state index contributed by atoms with van der Waals surface area (Å²) in [5.74, 6) is -3.42. The molecule has 7 heterocycles. The summed E-state index contributed by atoms with van der Waals surface area (Å²) >= 11 is 0. The zero-order valence-electron chi connectivity index (χ0n) is 56.4. The first-order valence-electron chi connectivity index (χ1n) is 31.5. The fraction of sp³-hybridized carbons (Fsp3) is 0.134. The van der Waals surface area contributed by atoms with Crippen LogP contribution in [-0.2, 0) is 23.9 Å². The SMILES string of the molecule is C1CCOC1.CO.COC(=O)C(c1ccccc1)c1cccnc1.N#CC(c1ccccc1)c1cccnc1.O=C(NO)C(c1ccccc1)c1cccnc1.O=C(O)C(c1ccccc1)c1cccnc1.O=Cc1cccnc1.OC(c1ccccc1)c1cccnc1.[Br-].[Mg+2].[c-]1ccccc1. The molecule has 18 nitrogen and oxygen atoms in total. The van der Waals surface area contributed by atoms with Gasteiger partial charge in [0.15, 0.2) is 6.29 Å². The Morgan fingerprint density at radius 3 is 1.11 bits per heavy atom. The molecule has 6 aromatic heterocycles. The fourth-order valence-electron chi connectivity index (χ4n) is 9.39. The van der Waals surface area contributed by atoms with Crippen molar-refractivity contribution in [2.75, 3.05) is 27.4 Å². The van der Waals surface area contributed by atoms with E-state index < -0.39 is 35.7 Å². The van der Waals surface area contributed by atoms with Gasteiger partial charge in [-0.25, -0.2) is 5.48 Å². The number of halogens is 1. The van der Waals surface area contributed by atoms with Crippen LogP contribution in [0.15, 0.2) is 329 Å². The normalized spacial score (nSPS) is 11.6. The Labute approximate surface area is 622 Å². The van der Waals surface area contributed by atoms with E-state index in [0.717, 1.165) is 76.7 Å². The van der Waals surface area contributed by atoms with Crippen LogP contribution in [0.25, 0.3) is 0 Å². The minimum Gasteiger partial charge on any atom is -1.00 e. The van der Waals surface area contributed by atoms with Gasteiger partial charge in [-0.2, -0.15) is 41.7 Å². The van der Waals surface area contributed by atoms with Crippen molar-refractivity contribution in [1.82, 2.24) is 35.4 Å². The summed E-state index contributed by atoms with van der Waals surface area (Å²) in [7, 11) is 2.40.